The van der Waals surface area contributed by atoms with Crippen molar-refractivity contribution in [1.82, 2.24) is 24.3 Å². The van der Waals surface area contributed by atoms with Crippen LogP contribution in [0.5, 0.6) is 11.6 Å². The molecule has 34 heavy (non-hydrogen) atoms. The number of hydrogen-bond donors (Lipinski definition) is 1. The van der Waals surface area contributed by atoms with E-state index in [0.717, 1.165) is 23.2 Å². The molecule has 168 valence electrons. The second-order valence-corrected chi connectivity index (χ2v) is 7.94. The highest BCUT2D eigenvalue weighted by molar-refractivity contribution is 5.87. The van der Waals surface area contributed by atoms with Crippen molar-refractivity contribution < 1.29 is 9.53 Å². The first-order chi connectivity index (χ1) is 16.6. The normalized spacial score (nSPS) is 15.3. The number of carbonyl (C=O) groups is 1. The van der Waals surface area contributed by atoms with E-state index in [4.69, 9.17) is 20.7 Å². The Morgan fingerprint density at radius 2 is 2.00 bits per heavy atom. The quantitative estimate of drug-likeness (QED) is 0.461. The van der Waals surface area contributed by atoms with Crippen LogP contribution in [0.1, 0.15) is 23.6 Å². The van der Waals surface area contributed by atoms with Gasteiger partial charge in [-0.25, -0.2) is 15.0 Å². The van der Waals surface area contributed by atoms with Crippen molar-refractivity contribution >= 4 is 17.4 Å². The topological polar surface area (TPSA) is 122 Å². The molecule has 4 aromatic rings. The lowest BCUT2D eigenvalue weighted by molar-refractivity contribution is -0.125. The standard InChI is InChI=1S/C25H21N7O2/c1-2-22(33)31-12-9-18(15-31)23-20-8-11-29-25(27)32(20)24(30-23)17-3-5-19(6-4-17)34-21-13-16(14-26)7-10-28-21/h2-8,10-11,13,18H,1,9,12,15H2,(H2,27,29). The van der Waals surface area contributed by atoms with E-state index in [0.29, 0.717) is 42.1 Å². The molecule has 2 N–H and O–H groups in total. The number of likely N-dealkylation sites (tertiary alicyclic amines) is 1. The van der Waals surface area contributed by atoms with Gasteiger partial charge in [-0.1, -0.05) is 6.58 Å². The Labute approximate surface area is 195 Å². The number of amides is 1. The molecule has 1 aliphatic rings. The van der Waals surface area contributed by atoms with Gasteiger partial charge in [0.05, 0.1) is 22.8 Å². The van der Waals surface area contributed by atoms with Crippen LogP contribution in [-0.4, -0.2) is 43.2 Å². The number of nitrogens with two attached hydrogens (primary N) is 1. The van der Waals surface area contributed by atoms with E-state index >= 15 is 0 Å². The molecule has 3 aromatic heterocycles. The molecule has 9 heteroatoms. The molecule has 4 heterocycles. The summed E-state index contributed by atoms with van der Waals surface area (Å²) < 4.78 is 7.62. The van der Waals surface area contributed by atoms with Gasteiger partial charge in [-0.05, 0) is 48.9 Å². The van der Waals surface area contributed by atoms with E-state index in [1.54, 1.807) is 23.2 Å². The largest absolute Gasteiger partial charge is 0.439 e. The van der Waals surface area contributed by atoms with E-state index in [1.807, 2.05) is 34.7 Å². The van der Waals surface area contributed by atoms with Gasteiger partial charge in [-0.2, -0.15) is 5.26 Å². The van der Waals surface area contributed by atoms with Gasteiger partial charge in [0.25, 0.3) is 0 Å². The molecule has 1 saturated heterocycles. The third-order valence-electron chi connectivity index (χ3n) is 5.87. The first-order valence-corrected chi connectivity index (χ1v) is 10.8. The second kappa shape index (κ2) is 8.67. The lowest BCUT2D eigenvalue weighted by Crippen LogP contribution is -2.26. The van der Waals surface area contributed by atoms with Gasteiger partial charge in [-0.3, -0.25) is 9.20 Å². The molecule has 1 aliphatic heterocycles. The Bertz CT molecular complexity index is 1440. The minimum absolute atomic E-state index is 0.0715. The van der Waals surface area contributed by atoms with Crippen LogP contribution >= 0.6 is 0 Å². The van der Waals surface area contributed by atoms with E-state index in [9.17, 15) is 4.79 Å². The molecule has 1 amide bonds. The molecule has 9 nitrogen and oxygen atoms in total. The summed E-state index contributed by atoms with van der Waals surface area (Å²) in [5, 5.41) is 9.05. The lowest BCUT2D eigenvalue weighted by Gasteiger charge is -2.13. The summed E-state index contributed by atoms with van der Waals surface area (Å²) in [5.41, 5.74) is 9.31. The van der Waals surface area contributed by atoms with E-state index in [2.05, 4.69) is 22.6 Å². The Kier molecular flexibility index (Phi) is 5.40. The van der Waals surface area contributed by atoms with Crippen molar-refractivity contribution in [2.24, 2.45) is 0 Å². The molecule has 1 atom stereocenters. The molecule has 0 spiro atoms. The predicted molar refractivity (Wildman–Crippen MR) is 126 cm³/mol. The molecular weight excluding hydrogens is 430 g/mol. The molecular formula is C25H21N7O2. The average Bonchev–Trinajstić information content (AvgIpc) is 3.50. The Morgan fingerprint density at radius 1 is 1.21 bits per heavy atom. The SMILES string of the molecule is C=CC(=O)N1CCC(c2nc(-c3ccc(Oc4cc(C#N)ccn4)cc3)n3c(N)nccc23)C1. The molecule has 1 aromatic carbocycles. The number of benzene rings is 1. The van der Waals surface area contributed by atoms with Crippen LogP contribution < -0.4 is 10.5 Å². The molecule has 5 rings (SSSR count). The number of imidazole rings is 1. The Hall–Kier alpha value is -4.71. The zero-order valence-corrected chi connectivity index (χ0v) is 18.3. The number of pyridine rings is 1. The Morgan fingerprint density at radius 3 is 2.76 bits per heavy atom. The monoisotopic (exact) mass is 451 g/mol. The number of nitrogens with zero attached hydrogens (tertiary/aromatic N) is 6. The third-order valence-corrected chi connectivity index (χ3v) is 5.87. The van der Waals surface area contributed by atoms with Gasteiger partial charge in [0.2, 0.25) is 17.7 Å². The van der Waals surface area contributed by atoms with E-state index in [1.165, 1.54) is 12.3 Å². The first kappa shape index (κ1) is 21.2. The molecule has 1 fully saturated rings. The van der Waals surface area contributed by atoms with E-state index in [-0.39, 0.29) is 11.8 Å². The summed E-state index contributed by atoms with van der Waals surface area (Å²) in [6.45, 7) is 4.83. The highest BCUT2D eigenvalue weighted by Crippen LogP contribution is 2.34. The fourth-order valence-corrected chi connectivity index (χ4v) is 4.22. The first-order valence-electron chi connectivity index (χ1n) is 10.8. The van der Waals surface area contributed by atoms with Gasteiger partial charge in [-0.15, -0.1) is 0 Å². The molecule has 0 aliphatic carbocycles. The van der Waals surface area contributed by atoms with Crippen LogP contribution in [0.15, 0.2) is 67.5 Å². The number of ether oxygens (including phenoxy) is 1. The highest BCUT2D eigenvalue weighted by Gasteiger charge is 2.30. The molecule has 0 radical (unpaired) electrons. The summed E-state index contributed by atoms with van der Waals surface area (Å²) in [5.74, 6) is 1.94. The maximum atomic E-state index is 12.1. The van der Waals surface area contributed by atoms with Crippen molar-refractivity contribution in [2.45, 2.75) is 12.3 Å². The van der Waals surface area contributed by atoms with Crippen LogP contribution in [0.4, 0.5) is 5.95 Å². The lowest BCUT2D eigenvalue weighted by atomic mass is 10.0. The van der Waals surface area contributed by atoms with Crippen LogP contribution in [0, 0.1) is 11.3 Å². The van der Waals surface area contributed by atoms with E-state index < -0.39 is 0 Å². The number of aromatic nitrogens is 4. The van der Waals surface area contributed by atoms with Crippen LogP contribution in [0.2, 0.25) is 0 Å². The molecule has 0 bridgehead atoms. The van der Waals surface area contributed by atoms with Crippen molar-refractivity contribution in [3.05, 3.63) is 78.8 Å². The van der Waals surface area contributed by atoms with Crippen LogP contribution in [0.3, 0.4) is 0 Å². The zero-order valence-electron chi connectivity index (χ0n) is 18.3. The van der Waals surface area contributed by atoms with Crippen LogP contribution in [-0.2, 0) is 4.79 Å². The summed E-state index contributed by atoms with van der Waals surface area (Å²) in [6, 6.07) is 14.5. The summed E-state index contributed by atoms with van der Waals surface area (Å²) in [7, 11) is 0. The van der Waals surface area contributed by atoms with Crippen molar-refractivity contribution in [2.75, 3.05) is 18.8 Å². The Balaban J connectivity index is 1.47. The molecule has 1 unspecified atom stereocenters. The van der Waals surface area contributed by atoms with Gasteiger partial charge in [0.15, 0.2) is 0 Å². The number of carbonyl (C=O) groups excluding carboxylic acids is 1. The number of anilines is 1. The highest BCUT2D eigenvalue weighted by atomic mass is 16.5. The third kappa shape index (κ3) is 3.82. The van der Waals surface area contributed by atoms with Crippen molar-refractivity contribution in [3.63, 3.8) is 0 Å². The minimum Gasteiger partial charge on any atom is -0.439 e. The zero-order chi connectivity index (χ0) is 23.7. The fraction of sp³-hybridized carbons (Fsp3) is 0.160. The number of nitriles is 1. The summed E-state index contributed by atoms with van der Waals surface area (Å²) >= 11 is 0. The predicted octanol–water partition coefficient (Wildman–Crippen LogP) is 3.54. The van der Waals surface area contributed by atoms with Crippen molar-refractivity contribution in [1.29, 1.82) is 5.26 Å². The average molecular weight is 451 g/mol. The maximum Gasteiger partial charge on any atom is 0.245 e. The van der Waals surface area contributed by atoms with Gasteiger partial charge >= 0.3 is 0 Å². The van der Waals surface area contributed by atoms with Gasteiger partial charge in [0, 0.05) is 43.0 Å². The van der Waals surface area contributed by atoms with Gasteiger partial charge in [0.1, 0.15) is 11.6 Å². The fourth-order valence-electron chi connectivity index (χ4n) is 4.22. The van der Waals surface area contributed by atoms with Crippen molar-refractivity contribution in [3.8, 4) is 29.1 Å². The minimum atomic E-state index is -0.0715. The maximum absolute atomic E-state index is 12.1. The number of rotatable bonds is 5. The summed E-state index contributed by atoms with van der Waals surface area (Å²) in [6.07, 6.45) is 5.36. The van der Waals surface area contributed by atoms with Gasteiger partial charge < -0.3 is 15.4 Å². The number of hydrogen-bond acceptors (Lipinski definition) is 7. The number of fused-ring (bicyclic) bond motifs is 1. The molecule has 0 saturated carbocycles. The second-order valence-electron chi connectivity index (χ2n) is 7.94. The van der Waals surface area contributed by atoms with Crippen LogP contribution in [0.25, 0.3) is 16.9 Å². The summed E-state index contributed by atoms with van der Waals surface area (Å²) in [4.78, 5) is 27.2. The number of nitrogen functional groups attached to an aromatic ring is 1. The smallest absolute Gasteiger partial charge is 0.245 e.